The van der Waals surface area contributed by atoms with Crippen LogP contribution in [0.5, 0.6) is 5.75 Å². The van der Waals surface area contributed by atoms with Gasteiger partial charge in [-0.3, -0.25) is 0 Å². The molecule has 0 heterocycles. The third kappa shape index (κ3) is 6.41. The molecule has 1 saturated carbocycles. The summed E-state index contributed by atoms with van der Waals surface area (Å²) in [6.07, 6.45) is 15.4. The number of ether oxygens (including phenoxy) is 1. The second-order valence-corrected chi connectivity index (χ2v) is 7.59. The molecule has 0 aromatic heterocycles. The van der Waals surface area contributed by atoms with E-state index < -0.39 is 11.6 Å². The Kier molecular flexibility index (Phi) is 9.14. The molecular formula is C23H34F2O. The van der Waals surface area contributed by atoms with Crippen molar-refractivity contribution in [2.75, 3.05) is 6.61 Å². The Balaban J connectivity index is 1.78. The van der Waals surface area contributed by atoms with Crippen molar-refractivity contribution in [3.05, 3.63) is 41.5 Å². The number of hydrogen-bond acceptors (Lipinski definition) is 1. The van der Waals surface area contributed by atoms with E-state index >= 15 is 0 Å². The van der Waals surface area contributed by atoms with Crippen LogP contribution in [0.25, 0.3) is 0 Å². The number of benzene rings is 1. The van der Waals surface area contributed by atoms with Gasteiger partial charge in [0, 0.05) is 0 Å². The molecule has 0 aliphatic heterocycles. The zero-order valence-corrected chi connectivity index (χ0v) is 16.4. The van der Waals surface area contributed by atoms with E-state index in [9.17, 15) is 8.78 Å². The van der Waals surface area contributed by atoms with Crippen molar-refractivity contribution in [1.82, 2.24) is 0 Å². The molecule has 0 spiro atoms. The normalized spacial score (nSPS) is 20.6. The monoisotopic (exact) mass is 364 g/mol. The van der Waals surface area contributed by atoms with Crippen LogP contribution in [0.4, 0.5) is 8.78 Å². The second kappa shape index (κ2) is 11.4. The number of rotatable bonds is 10. The second-order valence-electron chi connectivity index (χ2n) is 7.59. The van der Waals surface area contributed by atoms with Crippen molar-refractivity contribution in [3.63, 3.8) is 0 Å². The fraction of sp³-hybridized carbons (Fsp3) is 0.652. The minimum Gasteiger partial charge on any atom is -0.490 e. The van der Waals surface area contributed by atoms with Crippen molar-refractivity contribution in [2.24, 2.45) is 11.8 Å². The first-order valence-corrected chi connectivity index (χ1v) is 10.4. The average Bonchev–Trinajstić information content (AvgIpc) is 2.65. The number of halogens is 2. The van der Waals surface area contributed by atoms with Gasteiger partial charge in [-0.15, -0.1) is 0 Å². The molecule has 1 aliphatic rings. The fourth-order valence-electron chi connectivity index (χ4n) is 3.81. The first-order valence-electron chi connectivity index (χ1n) is 10.4. The molecule has 146 valence electrons. The van der Waals surface area contributed by atoms with Gasteiger partial charge >= 0.3 is 0 Å². The summed E-state index contributed by atoms with van der Waals surface area (Å²) in [6, 6.07) is 3.21. The summed E-state index contributed by atoms with van der Waals surface area (Å²) in [5.74, 6) is 0.00203. The highest BCUT2D eigenvalue weighted by Gasteiger charge is 2.18. The molecule has 26 heavy (non-hydrogen) atoms. The molecule has 0 bridgehead atoms. The van der Waals surface area contributed by atoms with E-state index in [2.05, 4.69) is 19.1 Å². The van der Waals surface area contributed by atoms with E-state index in [0.717, 1.165) is 25.2 Å². The van der Waals surface area contributed by atoms with Crippen molar-refractivity contribution in [3.8, 4) is 5.75 Å². The molecule has 1 aliphatic carbocycles. The van der Waals surface area contributed by atoms with E-state index in [1.165, 1.54) is 38.5 Å². The highest BCUT2D eigenvalue weighted by molar-refractivity contribution is 5.31. The van der Waals surface area contributed by atoms with E-state index in [1.54, 1.807) is 12.1 Å². The summed E-state index contributed by atoms with van der Waals surface area (Å²) >= 11 is 0. The molecular weight excluding hydrogens is 330 g/mol. The van der Waals surface area contributed by atoms with Gasteiger partial charge in [0.2, 0.25) is 5.82 Å². The number of aryl methyl sites for hydroxylation is 1. The first-order chi connectivity index (χ1) is 12.7. The first kappa shape index (κ1) is 20.9. The Bertz CT molecular complexity index is 560. The molecule has 0 N–H and O–H groups in total. The Hall–Kier alpha value is -1.38. The van der Waals surface area contributed by atoms with E-state index in [0.29, 0.717) is 24.5 Å². The van der Waals surface area contributed by atoms with Crippen LogP contribution in [0.15, 0.2) is 24.3 Å². The summed E-state index contributed by atoms with van der Waals surface area (Å²) in [4.78, 5) is 0. The molecule has 0 atom stereocenters. The van der Waals surface area contributed by atoms with E-state index in [1.807, 2.05) is 6.92 Å². The topological polar surface area (TPSA) is 9.23 Å². The maximum absolute atomic E-state index is 14.2. The van der Waals surface area contributed by atoms with Crippen LogP contribution in [0.2, 0.25) is 0 Å². The van der Waals surface area contributed by atoms with Crippen LogP contribution in [0.1, 0.15) is 77.2 Å². The molecule has 0 radical (unpaired) electrons. The van der Waals surface area contributed by atoms with Gasteiger partial charge in [0.15, 0.2) is 11.6 Å². The molecule has 1 aromatic carbocycles. The molecule has 1 fully saturated rings. The number of hydrogen-bond donors (Lipinski definition) is 0. The minimum absolute atomic E-state index is 0.0269. The third-order valence-corrected chi connectivity index (χ3v) is 5.46. The van der Waals surface area contributed by atoms with Gasteiger partial charge in [0.1, 0.15) is 0 Å². The Labute approximate surface area is 157 Å². The van der Waals surface area contributed by atoms with Gasteiger partial charge in [-0.05, 0) is 68.4 Å². The molecule has 2 rings (SSSR count). The van der Waals surface area contributed by atoms with E-state index in [4.69, 9.17) is 4.74 Å². The Morgan fingerprint density at radius 3 is 2.50 bits per heavy atom. The highest BCUT2D eigenvalue weighted by Crippen LogP contribution is 2.32. The van der Waals surface area contributed by atoms with Gasteiger partial charge in [0.25, 0.3) is 0 Å². The lowest BCUT2D eigenvalue weighted by molar-refractivity contribution is 0.288. The maximum atomic E-state index is 14.2. The zero-order valence-electron chi connectivity index (χ0n) is 16.4. The lowest BCUT2D eigenvalue weighted by Crippen LogP contribution is -2.12. The molecule has 0 saturated heterocycles. The molecule has 1 aromatic rings. The van der Waals surface area contributed by atoms with Crippen LogP contribution >= 0.6 is 0 Å². The summed E-state index contributed by atoms with van der Waals surface area (Å²) in [7, 11) is 0. The van der Waals surface area contributed by atoms with Gasteiger partial charge in [-0.1, -0.05) is 51.3 Å². The lowest BCUT2D eigenvalue weighted by atomic mass is 9.80. The van der Waals surface area contributed by atoms with Gasteiger partial charge < -0.3 is 4.74 Å². The summed E-state index contributed by atoms with van der Waals surface area (Å²) < 4.78 is 33.6. The van der Waals surface area contributed by atoms with Gasteiger partial charge in [0.05, 0.1) is 6.61 Å². The van der Waals surface area contributed by atoms with Crippen LogP contribution in [0.3, 0.4) is 0 Å². The smallest absolute Gasteiger partial charge is 0.200 e. The van der Waals surface area contributed by atoms with E-state index in [-0.39, 0.29) is 5.75 Å². The zero-order chi connectivity index (χ0) is 18.8. The average molecular weight is 365 g/mol. The molecule has 3 heteroatoms. The quantitative estimate of drug-likeness (QED) is 0.314. The minimum atomic E-state index is -0.850. The maximum Gasteiger partial charge on any atom is 0.200 e. The van der Waals surface area contributed by atoms with Crippen molar-refractivity contribution in [1.29, 1.82) is 0 Å². The van der Waals surface area contributed by atoms with Crippen LogP contribution in [-0.2, 0) is 6.42 Å². The summed E-state index contributed by atoms with van der Waals surface area (Å²) in [6.45, 7) is 4.72. The molecule has 0 unspecified atom stereocenters. The lowest BCUT2D eigenvalue weighted by Gasteiger charge is -2.26. The number of allylic oxidation sites excluding steroid dienone is 2. The van der Waals surface area contributed by atoms with Crippen molar-refractivity contribution >= 4 is 0 Å². The third-order valence-electron chi connectivity index (χ3n) is 5.46. The van der Waals surface area contributed by atoms with Gasteiger partial charge in [-0.25, -0.2) is 4.39 Å². The van der Waals surface area contributed by atoms with Crippen LogP contribution < -0.4 is 4.74 Å². The largest absolute Gasteiger partial charge is 0.490 e. The van der Waals surface area contributed by atoms with Crippen molar-refractivity contribution in [2.45, 2.75) is 78.1 Å². The predicted octanol–water partition coefficient (Wildman–Crippen LogP) is 7.24. The Morgan fingerprint density at radius 2 is 1.81 bits per heavy atom. The Morgan fingerprint density at radius 1 is 1.04 bits per heavy atom. The summed E-state index contributed by atoms with van der Waals surface area (Å²) in [5, 5.41) is 0. The SMILES string of the molecule is CCCCOc1ccc(CC/C=C/C2CCC(CCC)CC2)c(F)c1F. The fourth-order valence-corrected chi connectivity index (χ4v) is 3.81. The van der Waals surface area contributed by atoms with Gasteiger partial charge in [-0.2, -0.15) is 4.39 Å². The summed E-state index contributed by atoms with van der Waals surface area (Å²) in [5.41, 5.74) is 0.432. The molecule has 1 nitrogen and oxygen atoms in total. The van der Waals surface area contributed by atoms with Crippen molar-refractivity contribution < 1.29 is 13.5 Å². The van der Waals surface area contributed by atoms with Crippen LogP contribution in [0, 0.1) is 23.5 Å². The number of unbranched alkanes of at least 4 members (excludes halogenated alkanes) is 1. The highest BCUT2D eigenvalue weighted by atomic mass is 19.2. The standard InChI is InChI=1S/C23H34F2O/c1-3-5-17-26-21-16-15-20(22(24)23(21)25)10-7-6-9-19-13-11-18(8-4-2)12-14-19/h6,9,15-16,18-19H,3-5,7-8,10-14,17H2,1-2H3/b9-6+. The predicted molar refractivity (Wildman–Crippen MR) is 105 cm³/mol. The molecule has 0 amide bonds. The van der Waals surface area contributed by atoms with Crippen LogP contribution in [-0.4, -0.2) is 6.61 Å².